The summed E-state index contributed by atoms with van der Waals surface area (Å²) in [5.41, 5.74) is 10.0. The number of halogens is 3. The zero-order valence-electron chi connectivity index (χ0n) is 36.7. The van der Waals surface area contributed by atoms with Crippen LogP contribution in [-0.4, -0.2) is 76.6 Å². The van der Waals surface area contributed by atoms with E-state index < -0.39 is 23.1 Å². The Morgan fingerprint density at radius 1 is 0.632 bits per heavy atom. The van der Waals surface area contributed by atoms with E-state index in [4.69, 9.17) is 51.4 Å². The Bertz CT molecular complexity index is 2970. The number of amides is 1. The minimum atomic E-state index is -0.651. The number of rotatable bonds is 11. The molecule has 1 amide bonds. The summed E-state index contributed by atoms with van der Waals surface area (Å²) in [5.74, 6) is -0.724. The standard InChI is InChI=1S/C22H16ClN5O3S.C11H6Cl2N2O.C11H11N3O2S.C2H6.CH4/c1-2-31-22(30)21-28-27-20(32-21)14-10-6-7-11-15(14)25-19(29)16-12-17(23)26-18(24-16)13-8-4-3-5-9-13;12-9-6-8(10(13)16)14-11(15-9)7-4-2-1-3-5-7;1-2-16-11(15)10-14-13-9(17-10)7-5-3-4-6-8(7)12;1-2;/h3-12H,2H2,1H3,(H,25,29);1-6H;3-6H,2,12H2,1H3;1-2H3;1H4/i;;;1D;. The van der Waals surface area contributed by atoms with Crippen LogP contribution in [-0.2, 0) is 9.47 Å². The van der Waals surface area contributed by atoms with Crippen LogP contribution in [0.25, 0.3) is 43.9 Å². The SMILES string of the molecule is C.CCOC(=O)c1nnc(-c2ccccc2N)s1.CCOC(=O)c1nnc(-c2ccccc2NC(=O)c2cc(Cl)nc(-c3ccccc3)n2)s1.O=C(Cl)c1cc(Cl)nc(-c2ccccc2)n1.[2H]CC. The van der Waals surface area contributed by atoms with Gasteiger partial charge in [-0.25, -0.2) is 29.5 Å². The number of carbonyl (C=O) groups is 4. The smallest absolute Gasteiger partial charge is 0.369 e. The van der Waals surface area contributed by atoms with Gasteiger partial charge in [0.25, 0.3) is 11.1 Å². The lowest BCUT2D eigenvalue weighted by Gasteiger charge is -2.10. The molecule has 0 bridgehead atoms. The number of nitrogens with two attached hydrogens (primary N) is 1. The zero-order chi connectivity index (χ0) is 49.0. The Morgan fingerprint density at radius 2 is 1.06 bits per heavy atom. The summed E-state index contributed by atoms with van der Waals surface area (Å²) in [4.78, 5) is 63.9. The molecule has 68 heavy (non-hydrogen) atoms. The van der Waals surface area contributed by atoms with Gasteiger partial charge < -0.3 is 20.5 Å². The molecule has 0 saturated heterocycles. The average molecular weight is 1020 g/mol. The quantitative estimate of drug-likeness (QED) is 0.0531. The maximum absolute atomic E-state index is 13.0. The van der Waals surface area contributed by atoms with E-state index >= 15 is 0 Å². The second-order valence-electron chi connectivity index (χ2n) is 12.7. The number of ether oxygens (including phenoxy) is 2. The van der Waals surface area contributed by atoms with Crippen LogP contribution < -0.4 is 11.1 Å². The van der Waals surface area contributed by atoms with Crippen molar-refractivity contribution in [3.8, 4) is 43.9 Å². The van der Waals surface area contributed by atoms with Crippen LogP contribution in [0.15, 0.2) is 121 Å². The molecule has 0 aliphatic carbocycles. The maximum Gasteiger partial charge on any atom is 0.369 e. The lowest BCUT2D eigenvalue weighted by atomic mass is 10.2. The van der Waals surface area contributed by atoms with Crippen LogP contribution >= 0.6 is 57.5 Å². The second kappa shape index (κ2) is 26.9. The van der Waals surface area contributed by atoms with Crippen molar-refractivity contribution >= 4 is 91.9 Å². The third-order valence-corrected chi connectivity index (χ3v) is 10.7. The van der Waals surface area contributed by atoms with Crippen LogP contribution in [0.2, 0.25) is 10.3 Å². The van der Waals surface area contributed by atoms with Gasteiger partial charge in [-0.05, 0) is 49.7 Å². The first-order chi connectivity index (χ1) is 32.8. The predicted molar refractivity (Wildman–Crippen MR) is 268 cm³/mol. The number of hydrogen-bond donors (Lipinski definition) is 2. The fraction of sp³-hybridized carbons (Fsp3) is 0.149. The fourth-order valence-corrected chi connectivity index (χ4v) is 7.38. The minimum Gasteiger partial charge on any atom is -0.461 e. The molecule has 8 aromatic rings. The lowest BCUT2D eigenvalue weighted by Crippen LogP contribution is -2.15. The van der Waals surface area contributed by atoms with Gasteiger partial charge in [-0.1, -0.05) is 152 Å². The van der Waals surface area contributed by atoms with Crippen LogP contribution in [0.4, 0.5) is 11.4 Å². The Hall–Kier alpha value is -7.09. The molecule has 16 nitrogen and oxygen atoms in total. The van der Waals surface area contributed by atoms with E-state index in [1.807, 2.05) is 78.9 Å². The molecule has 4 heterocycles. The van der Waals surface area contributed by atoms with Crippen molar-refractivity contribution in [3.63, 3.8) is 0 Å². The van der Waals surface area contributed by atoms with Crippen molar-refractivity contribution in [2.75, 3.05) is 24.3 Å². The number of para-hydroxylation sites is 2. The van der Waals surface area contributed by atoms with Gasteiger partial charge in [0.1, 0.15) is 31.7 Å². The predicted octanol–water partition coefficient (Wildman–Crippen LogP) is 11.5. The van der Waals surface area contributed by atoms with Crippen molar-refractivity contribution in [1.82, 2.24) is 40.3 Å². The number of anilines is 2. The molecular formula is C47H43Cl3N10O6S2. The van der Waals surface area contributed by atoms with E-state index in [-0.39, 0.29) is 45.7 Å². The van der Waals surface area contributed by atoms with E-state index in [1.165, 1.54) is 23.5 Å². The monoisotopic (exact) mass is 1010 g/mol. The Labute approximate surface area is 416 Å². The van der Waals surface area contributed by atoms with E-state index in [9.17, 15) is 19.2 Å². The number of carbonyl (C=O) groups excluding carboxylic acids is 4. The summed E-state index contributed by atoms with van der Waals surface area (Å²) < 4.78 is 16.0. The third kappa shape index (κ3) is 15.0. The molecular weight excluding hydrogens is 971 g/mol. The van der Waals surface area contributed by atoms with Gasteiger partial charge in [0.2, 0.25) is 10.0 Å². The van der Waals surface area contributed by atoms with Crippen LogP contribution in [0.5, 0.6) is 0 Å². The molecule has 0 unspecified atom stereocenters. The highest BCUT2D eigenvalue weighted by molar-refractivity contribution is 7.16. The third-order valence-electron chi connectivity index (χ3n) is 8.23. The van der Waals surface area contributed by atoms with Crippen molar-refractivity contribution < 1.29 is 30.0 Å². The molecule has 0 atom stereocenters. The number of nitrogens with one attached hydrogen (secondary N) is 1. The molecule has 8 rings (SSSR count). The number of esters is 2. The first-order valence-corrected chi connectivity index (χ1v) is 22.6. The molecule has 3 N–H and O–H groups in total. The Balaban J connectivity index is 0.000000237. The first kappa shape index (κ1) is 51.9. The van der Waals surface area contributed by atoms with Gasteiger partial charge >= 0.3 is 11.9 Å². The molecule has 0 saturated carbocycles. The Morgan fingerprint density at radius 3 is 1.54 bits per heavy atom. The molecule has 350 valence electrons. The van der Waals surface area contributed by atoms with Gasteiger partial charge in [-0.3, -0.25) is 9.59 Å². The normalized spacial score (nSPS) is 10.2. The topological polar surface area (TPSA) is 228 Å². The van der Waals surface area contributed by atoms with Crippen LogP contribution in [0, 0.1) is 0 Å². The number of nitrogen functional groups attached to an aromatic ring is 1. The first-order valence-electron chi connectivity index (χ1n) is 20.5. The largest absolute Gasteiger partial charge is 0.461 e. The summed E-state index contributed by atoms with van der Waals surface area (Å²) in [6, 6.07) is 35.6. The van der Waals surface area contributed by atoms with Gasteiger partial charge in [0.15, 0.2) is 11.6 Å². The number of benzene rings is 4. The van der Waals surface area contributed by atoms with Gasteiger partial charge in [-0.15, -0.1) is 20.4 Å². The maximum atomic E-state index is 13.0. The van der Waals surface area contributed by atoms with Crippen molar-refractivity contribution in [3.05, 3.63) is 153 Å². The van der Waals surface area contributed by atoms with Crippen LogP contribution in [0.3, 0.4) is 0 Å². The summed E-state index contributed by atoms with van der Waals surface area (Å²) >= 11 is 19.5. The number of nitrogens with zero attached hydrogens (tertiary/aromatic N) is 8. The summed E-state index contributed by atoms with van der Waals surface area (Å²) in [6.45, 7) is 6.32. The van der Waals surface area contributed by atoms with Crippen molar-refractivity contribution in [1.29, 1.82) is 0 Å². The molecule has 0 fully saturated rings. The molecule has 21 heteroatoms. The Kier molecular flexibility index (Phi) is 20.5. The minimum absolute atomic E-state index is 0. The van der Waals surface area contributed by atoms with Crippen molar-refractivity contribution in [2.24, 2.45) is 0 Å². The zero-order valence-corrected chi connectivity index (χ0v) is 39.6. The highest BCUT2D eigenvalue weighted by atomic mass is 35.5. The number of hydrogen-bond acceptors (Lipinski definition) is 17. The van der Waals surface area contributed by atoms with Gasteiger partial charge in [0.05, 0.1) is 18.9 Å². The molecule has 0 aliphatic heterocycles. The molecule has 0 spiro atoms. The molecule has 4 aromatic heterocycles. The van der Waals surface area contributed by atoms with E-state index in [2.05, 4.69) is 45.6 Å². The molecule has 4 aromatic carbocycles. The highest BCUT2D eigenvalue weighted by Gasteiger charge is 2.20. The van der Waals surface area contributed by atoms with Gasteiger partial charge in [-0.2, -0.15) is 0 Å². The van der Waals surface area contributed by atoms with E-state index in [1.54, 1.807) is 51.1 Å². The second-order valence-corrected chi connectivity index (χ2v) is 15.7. The van der Waals surface area contributed by atoms with Crippen LogP contribution in [0.1, 0.15) is 77.0 Å². The summed E-state index contributed by atoms with van der Waals surface area (Å²) in [5, 5.41) is 19.7. The molecule has 0 radical (unpaired) electrons. The summed E-state index contributed by atoms with van der Waals surface area (Å²) in [7, 11) is 0. The van der Waals surface area contributed by atoms with E-state index in [0.29, 0.717) is 52.1 Å². The highest BCUT2D eigenvalue weighted by Crippen LogP contribution is 2.32. The number of aromatic nitrogens is 8. The van der Waals surface area contributed by atoms with Gasteiger partial charge in [0, 0.05) is 41.4 Å². The van der Waals surface area contributed by atoms with E-state index in [0.717, 1.165) is 28.0 Å². The molecule has 0 aliphatic rings. The van der Waals surface area contributed by atoms with Crippen molar-refractivity contribution in [2.45, 2.75) is 35.1 Å². The lowest BCUT2D eigenvalue weighted by molar-refractivity contribution is 0.0515. The average Bonchev–Trinajstić information content (AvgIpc) is 4.05. The fourth-order valence-electron chi connectivity index (χ4n) is 5.36. The summed E-state index contributed by atoms with van der Waals surface area (Å²) in [6.07, 6.45) is 0.